The highest BCUT2D eigenvalue weighted by molar-refractivity contribution is 4.75. The van der Waals surface area contributed by atoms with Crippen molar-refractivity contribution in [1.82, 2.24) is 10.6 Å². The number of nitrogens with one attached hydrogen (secondary N) is 2. The van der Waals surface area contributed by atoms with Gasteiger partial charge in [-0.1, -0.05) is 0 Å². The van der Waals surface area contributed by atoms with E-state index in [1.165, 1.54) is 32.2 Å². The molecule has 1 aliphatic rings. The highest BCUT2D eigenvalue weighted by Gasteiger charge is 2.12. The standard InChI is InChI=1S/C10H22N2O/c1-13-8-3-2-6-11-9-10-5-4-7-12-10/h10-12H,2-9H2,1H3. The third kappa shape index (κ3) is 5.24. The van der Waals surface area contributed by atoms with Gasteiger partial charge in [0.05, 0.1) is 0 Å². The monoisotopic (exact) mass is 186 g/mol. The summed E-state index contributed by atoms with van der Waals surface area (Å²) >= 11 is 0. The van der Waals surface area contributed by atoms with Gasteiger partial charge < -0.3 is 15.4 Å². The SMILES string of the molecule is COCCCCNCC1CCCN1. The molecule has 0 aromatic heterocycles. The lowest BCUT2D eigenvalue weighted by Gasteiger charge is -2.10. The topological polar surface area (TPSA) is 33.3 Å². The lowest BCUT2D eigenvalue weighted by molar-refractivity contribution is 0.192. The summed E-state index contributed by atoms with van der Waals surface area (Å²) in [6.45, 7) is 4.36. The van der Waals surface area contributed by atoms with Gasteiger partial charge in [0.2, 0.25) is 0 Å². The molecule has 3 heteroatoms. The summed E-state index contributed by atoms with van der Waals surface area (Å²) in [7, 11) is 1.76. The number of rotatable bonds is 7. The highest BCUT2D eigenvalue weighted by Crippen LogP contribution is 2.02. The van der Waals surface area contributed by atoms with Gasteiger partial charge in [-0.25, -0.2) is 0 Å². The van der Waals surface area contributed by atoms with Crippen molar-refractivity contribution in [2.75, 3.05) is 33.4 Å². The van der Waals surface area contributed by atoms with Crippen molar-refractivity contribution in [2.24, 2.45) is 0 Å². The molecule has 1 heterocycles. The number of unbranched alkanes of at least 4 members (excludes halogenated alkanes) is 1. The molecular weight excluding hydrogens is 164 g/mol. The van der Waals surface area contributed by atoms with Crippen LogP contribution in [0.1, 0.15) is 25.7 Å². The summed E-state index contributed by atoms with van der Waals surface area (Å²) in [6.07, 6.45) is 5.07. The van der Waals surface area contributed by atoms with E-state index in [0.29, 0.717) is 0 Å². The third-order valence-corrected chi connectivity index (χ3v) is 2.51. The van der Waals surface area contributed by atoms with E-state index in [2.05, 4.69) is 10.6 Å². The Labute approximate surface area is 81.2 Å². The van der Waals surface area contributed by atoms with Crippen molar-refractivity contribution in [3.05, 3.63) is 0 Å². The number of ether oxygens (including phenoxy) is 1. The van der Waals surface area contributed by atoms with Crippen molar-refractivity contribution >= 4 is 0 Å². The molecule has 13 heavy (non-hydrogen) atoms. The van der Waals surface area contributed by atoms with Crippen LogP contribution in [0.4, 0.5) is 0 Å². The first-order chi connectivity index (χ1) is 6.43. The first kappa shape index (κ1) is 11.0. The molecule has 2 N–H and O–H groups in total. The molecule has 0 aromatic rings. The zero-order valence-corrected chi connectivity index (χ0v) is 8.64. The fourth-order valence-electron chi connectivity index (χ4n) is 1.70. The average Bonchev–Trinajstić information content (AvgIpc) is 2.63. The van der Waals surface area contributed by atoms with Crippen LogP contribution < -0.4 is 10.6 Å². The summed E-state index contributed by atoms with van der Waals surface area (Å²) in [5, 5.41) is 6.94. The highest BCUT2D eigenvalue weighted by atomic mass is 16.5. The van der Waals surface area contributed by atoms with Gasteiger partial charge in [0.1, 0.15) is 0 Å². The van der Waals surface area contributed by atoms with E-state index in [4.69, 9.17) is 4.74 Å². The van der Waals surface area contributed by atoms with E-state index in [1.54, 1.807) is 7.11 Å². The quantitative estimate of drug-likeness (QED) is 0.576. The summed E-state index contributed by atoms with van der Waals surface area (Å²) < 4.78 is 4.98. The molecule has 1 unspecified atom stereocenters. The normalized spacial score (nSPS) is 22.4. The summed E-state index contributed by atoms with van der Waals surface area (Å²) in [4.78, 5) is 0. The molecule has 1 fully saturated rings. The van der Waals surface area contributed by atoms with Gasteiger partial charge in [-0.15, -0.1) is 0 Å². The van der Waals surface area contributed by atoms with Gasteiger partial charge in [0.25, 0.3) is 0 Å². The molecule has 0 amide bonds. The number of methoxy groups -OCH3 is 1. The Bertz CT molecular complexity index is 113. The molecule has 1 aliphatic heterocycles. The van der Waals surface area contributed by atoms with Crippen molar-refractivity contribution in [3.8, 4) is 0 Å². The van der Waals surface area contributed by atoms with Crippen molar-refractivity contribution < 1.29 is 4.74 Å². The molecule has 0 bridgehead atoms. The summed E-state index contributed by atoms with van der Waals surface area (Å²) in [5.41, 5.74) is 0. The minimum absolute atomic E-state index is 0.724. The first-order valence-electron chi connectivity index (χ1n) is 5.36. The zero-order valence-electron chi connectivity index (χ0n) is 8.64. The molecule has 1 rings (SSSR count). The lowest BCUT2D eigenvalue weighted by atomic mass is 10.2. The van der Waals surface area contributed by atoms with Crippen LogP contribution in [-0.2, 0) is 4.74 Å². The van der Waals surface area contributed by atoms with Crippen molar-refractivity contribution in [2.45, 2.75) is 31.7 Å². The van der Waals surface area contributed by atoms with Gasteiger partial charge >= 0.3 is 0 Å². The Hall–Kier alpha value is -0.120. The zero-order chi connectivity index (χ0) is 9.36. The second-order valence-electron chi connectivity index (χ2n) is 3.70. The van der Waals surface area contributed by atoms with E-state index in [-0.39, 0.29) is 0 Å². The molecule has 3 nitrogen and oxygen atoms in total. The minimum Gasteiger partial charge on any atom is -0.385 e. The molecular formula is C10H22N2O. The van der Waals surface area contributed by atoms with Crippen molar-refractivity contribution in [1.29, 1.82) is 0 Å². The molecule has 78 valence electrons. The summed E-state index contributed by atoms with van der Waals surface area (Å²) in [6, 6.07) is 0.724. The minimum atomic E-state index is 0.724. The van der Waals surface area contributed by atoms with Crippen LogP contribution in [0.5, 0.6) is 0 Å². The van der Waals surface area contributed by atoms with E-state index in [1.807, 2.05) is 0 Å². The van der Waals surface area contributed by atoms with E-state index in [9.17, 15) is 0 Å². The van der Waals surface area contributed by atoms with Crippen LogP contribution in [0.2, 0.25) is 0 Å². The van der Waals surface area contributed by atoms with Crippen LogP contribution in [0.3, 0.4) is 0 Å². The van der Waals surface area contributed by atoms with Crippen LogP contribution in [0.15, 0.2) is 0 Å². The lowest BCUT2D eigenvalue weighted by Crippen LogP contribution is -2.34. The predicted molar refractivity (Wildman–Crippen MR) is 55.0 cm³/mol. The van der Waals surface area contributed by atoms with Crippen LogP contribution in [0.25, 0.3) is 0 Å². The van der Waals surface area contributed by atoms with Crippen molar-refractivity contribution in [3.63, 3.8) is 0 Å². The maximum Gasteiger partial charge on any atom is 0.0462 e. The Kier molecular flexibility index (Phi) is 6.15. The Balaban J connectivity index is 1.78. The molecule has 1 atom stereocenters. The van der Waals surface area contributed by atoms with Crippen LogP contribution in [-0.4, -0.2) is 39.4 Å². The molecule has 0 spiro atoms. The molecule has 1 saturated heterocycles. The number of hydrogen-bond acceptors (Lipinski definition) is 3. The van der Waals surface area contributed by atoms with Gasteiger partial charge in [-0.3, -0.25) is 0 Å². The maximum absolute atomic E-state index is 4.98. The predicted octanol–water partition coefficient (Wildman–Crippen LogP) is 0.755. The second-order valence-corrected chi connectivity index (χ2v) is 3.70. The first-order valence-corrected chi connectivity index (χ1v) is 5.36. The van der Waals surface area contributed by atoms with Gasteiger partial charge in [0.15, 0.2) is 0 Å². The fourth-order valence-corrected chi connectivity index (χ4v) is 1.70. The Morgan fingerprint density at radius 3 is 3.08 bits per heavy atom. The fraction of sp³-hybridized carbons (Fsp3) is 1.00. The van der Waals surface area contributed by atoms with Crippen LogP contribution in [0, 0.1) is 0 Å². The Morgan fingerprint density at radius 1 is 1.46 bits per heavy atom. The largest absolute Gasteiger partial charge is 0.385 e. The van der Waals surface area contributed by atoms with E-state index >= 15 is 0 Å². The molecule has 0 saturated carbocycles. The smallest absolute Gasteiger partial charge is 0.0462 e. The average molecular weight is 186 g/mol. The third-order valence-electron chi connectivity index (χ3n) is 2.51. The van der Waals surface area contributed by atoms with Crippen LogP contribution >= 0.6 is 0 Å². The maximum atomic E-state index is 4.98. The summed E-state index contributed by atoms with van der Waals surface area (Å²) in [5.74, 6) is 0. The number of hydrogen-bond donors (Lipinski definition) is 2. The molecule has 0 aliphatic carbocycles. The molecule has 0 radical (unpaired) electrons. The van der Waals surface area contributed by atoms with E-state index in [0.717, 1.165) is 25.7 Å². The second kappa shape index (κ2) is 7.30. The molecule has 0 aromatic carbocycles. The van der Waals surface area contributed by atoms with Gasteiger partial charge in [-0.2, -0.15) is 0 Å². The van der Waals surface area contributed by atoms with Gasteiger partial charge in [-0.05, 0) is 38.8 Å². The van der Waals surface area contributed by atoms with Gasteiger partial charge in [0, 0.05) is 26.3 Å². The Morgan fingerprint density at radius 2 is 2.38 bits per heavy atom. The van der Waals surface area contributed by atoms with E-state index < -0.39 is 0 Å².